The van der Waals surface area contributed by atoms with Gasteiger partial charge in [0.2, 0.25) is 0 Å². The molecule has 0 N–H and O–H groups in total. The smallest absolute Gasteiger partial charge is 0.331 e. The normalized spacial score (nSPS) is 25.5. The number of rotatable bonds is 0. The summed E-state index contributed by atoms with van der Waals surface area (Å²) in [5, 5.41) is -1.71. The second-order valence-electron chi connectivity index (χ2n) is 2.91. The van der Waals surface area contributed by atoms with Gasteiger partial charge in [-0.25, -0.2) is 9.18 Å². The van der Waals surface area contributed by atoms with Crippen molar-refractivity contribution in [2.75, 3.05) is 0 Å². The number of hydrogen-bond donors (Lipinski definition) is 0. The highest BCUT2D eigenvalue weighted by Crippen LogP contribution is 2.39. The summed E-state index contributed by atoms with van der Waals surface area (Å²) < 4.78 is 17.7. The van der Waals surface area contributed by atoms with Crippen molar-refractivity contribution >= 4 is 29.2 Å². The molecule has 0 aromatic heterocycles. The van der Waals surface area contributed by atoms with E-state index in [0.29, 0.717) is 5.56 Å². The van der Waals surface area contributed by atoms with Crippen LogP contribution < -0.4 is 4.74 Å². The average molecular weight is 235 g/mol. The minimum Gasteiger partial charge on any atom is -0.425 e. The van der Waals surface area contributed by atoms with Crippen molar-refractivity contribution in [1.29, 1.82) is 0 Å². The number of esters is 1. The number of carbonyl (C=O) groups is 1. The molecule has 0 spiro atoms. The van der Waals surface area contributed by atoms with Gasteiger partial charge in [-0.2, -0.15) is 0 Å². The Hall–Kier alpha value is -0.800. The van der Waals surface area contributed by atoms with Crippen molar-refractivity contribution in [2.24, 2.45) is 0 Å². The molecular weight excluding hydrogens is 230 g/mol. The van der Waals surface area contributed by atoms with Gasteiger partial charge in [-0.05, 0) is 18.2 Å². The van der Waals surface area contributed by atoms with Crippen molar-refractivity contribution in [3.63, 3.8) is 0 Å². The fourth-order valence-corrected chi connectivity index (χ4v) is 1.72. The third-order valence-electron chi connectivity index (χ3n) is 1.96. The van der Waals surface area contributed by atoms with E-state index in [1.165, 1.54) is 18.2 Å². The molecule has 2 rings (SSSR count). The lowest BCUT2D eigenvalue weighted by atomic mass is 10.1. The van der Waals surface area contributed by atoms with Crippen LogP contribution in [-0.2, 0) is 4.79 Å². The number of alkyl halides is 2. The first-order chi connectivity index (χ1) is 6.59. The molecule has 2 unspecified atom stereocenters. The molecule has 0 saturated carbocycles. The molecule has 5 heteroatoms. The van der Waals surface area contributed by atoms with Crippen LogP contribution in [0.25, 0.3) is 0 Å². The zero-order valence-electron chi connectivity index (χ0n) is 6.84. The highest BCUT2D eigenvalue weighted by atomic mass is 35.5. The van der Waals surface area contributed by atoms with E-state index < -0.39 is 22.5 Å². The summed E-state index contributed by atoms with van der Waals surface area (Å²) in [6.45, 7) is 0. The largest absolute Gasteiger partial charge is 0.425 e. The van der Waals surface area contributed by atoms with E-state index in [2.05, 4.69) is 0 Å². The molecular formula is C9H5Cl2FO2. The lowest BCUT2D eigenvalue weighted by Gasteiger charge is -2.23. The van der Waals surface area contributed by atoms with Gasteiger partial charge in [0.25, 0.3) is 0 Å². The minimum absolute atomic E-state index is 0.272. The average Bonchev–Trinajstić information content (AvgIpc) is 2.16. The van der Waals surface area contributed by atoms with Crippen LogP contribution >= 0.6 is 23.2 Å². The van der Waals surface area contributed by atoms with Crippen LogP contribution in [0.1, 0.15) is 10.9 Å². The molecule has 1 heterocycles. The molecule has 0 aliphatic carbocycles. The van der Waals surface area contributed by atoms with E-state index in [0.717, 1.165) is 0 Å². The summed E-state index contributed by atoms with van der Waals surface area (Å²) in [6.07, 6.45) is 0. The highest BCUT2D eigenvalue weighted by Gasteiger charge is 2.35. The fraction of sp³-hybridized carbons (Fsp3) is 0.222. The van der Waals surface area contributed by atoms with E-state index >= 15 is 0 Å². The Kier molecular flexibility index (Phi) is 2.37. The van der Waals surface area contributed by atoms with Crippen molar-refractivity contribution in [3.05, 3.63) is 29.6 Å². The lowest BCUT2D eigenvalue weighted by molar-refractivity contribution is -0.134. The molecule has 0 saturated heterocycles. The number of fused-ring (bicyclic) bond motifs is 1. The van der Waals surface area contributed by atoms with Crippen LogP contribution in [0, 0.1) is 5.82 Å². The summed E-state index contributed by atoms with van der Waals surface area (Å²) in [6, 6.07) is 3.78. The SMILES string of the molecule is O=C1Oc2ccc(F)cc2C(Cl)C1Cl. The molecule has 74 valence electrons. The van der Waals surface area contributed by atoms with Crippen molar-refractivity contribution in [3.8, 4) is 5.75 Å². The van der Waals surface area contributed by atoms with Crippen LogP contribution in [0.3, 0.4) is 0 Å². The van der Waals surface area contributed by atoms with Crippen molar-refractivity contribution in [1.82, 2.24) is 0 Å². The number of benzene rings is 1. The number of halogens is 3. The third-order valence-corrected chi connectivity index (χ3v) is 3.01. The Morgan fingerprint density at radius 1 is 1.29 bits per heavy atom. The third kappa shape index (κ3) is 1.47. The highest BCUT2D eigenvalue weighted by molar-refractivity contribution is 6.37. The summed E-state index contributed by atoms with van der Waals surface area (Å²) in [5.74, 6) is -0.768. The molecule has 0 bridgehead atoms. The molecule has 2 atom stereocenters. The number of carbonyl (C=O) groups excluding carboxylic acids is 1. The molecule has 1 aliphatic rings. The number of hydrogen-bond acceptors (Lipinski definition) is 2. The van der Waals surface area contributed by atoms with Crippen molar-refractivity contribution < 1.29 is 13.9 Å². The van der Waals surface area contributed by atoms with Gasteiger partial charge >= 0.3 is 5.97 Å². The lowest BCUT2D eigenvalue weighted by Crippen LogP contribution is -2.30. The van der Waals surface area contributed by atoms with Gasteiger partial charge in [-0.15, -0.1) is 23.2 Å². The zero-order valence-corrected chi connectivity index (χ0v) is 8.35. The van der Waals surface area contributed by atoms with Gasteiger partial charge in [-0.3, -0.25) is 0 Å². The molecule has 1 aliphatic heterocycles. The Bertz CT molecular complexity index is 394. The molecule has 0 amide bonds. The number of ether oxygens (including phenoxy) is 1. The van der Waals surface area contributed by atoms with Crippen LogP contribution in [0.5, 0.6) is 5.75 Å². The quantitative estimate of drug-likeness (QED) is 0.392. The molecule has 2 nitrogen and oxygen atoms in total. The molecule has 1 aromatic rings. The van der Waals surface area contributed by atoms with E-state index in [1.807, 2.05) is 0 Å². The zero-order chi connectivity index (χ0) is 10.3. The minimum atomic E-state index is -0.967. The topological polar surface area (TPSA) is 26.3 Å². The monoisotopic (exact) mass is 234 g/mol. The molecule has 14 heavy (non-hydrogen) atoms. The summed E-state index contributed by atoms with van der Waals surface area (Å²) in [5.41, 5.74) is 0.409. The van der Waals surface area contributed by atoms with Gasteiger partial charge in [0, 0.05) is 5.56 Å². The van der Waals surface area contributed by atoms with Gasteiger partial charge < -0.3 is 4.74 Å². The Labute approximate surface area is 89.6 Å². The van der Waals surface area contributed by atoms with Crippen LogP contribution in [0.2, 0.25) is 0 Å². The predicted octanol–water partition coefficient (Wildman–Crippen LogP) is 2.63. The second-order valence-corrected chi connectivity index (χ2v) is 3.85. The first kappa shape index (κ1) is 9.74. The maximum atomic E-state index is 12.8. The molecule has 0 radical (unpaired) electrons. The first-order valence-electron chi connectivity index (χ1n) is 3.89. The van der Waals surface area contributed by atoms with E-state index in [4.69, 9.17) is 27.9 Å². The van der Waals surface area contributed by atoms with Gasteiger partial charge in [-0.1, -0.05) is 0 Å². The fourth-order valence-electron chi connectivity index (χ4n) is 1.27. The maximum Gasteiger partial charge on any atom is 0.331 e. The van der Waals surface area contributed by atoms with Crippen LogP contribution in [-0.4, -0.2) is 11.3 Å². The van der Waals surface area contributed by atoms with E-state index in [-0.39, 0.29) is 5.75 Å². The Morgan fingerprint density at radius 2 is 2.00 bits per heavy atom. The van der Waals surface area contributed by atoms with Gasteiger partial charge in [0.15, 0.2) is 5.38 Å². The van der Waals surface area contributed by atoms with Gasteiger partial charge in [0.1, 0.15) is 11.6 Å². The van der Waals surface area contributed by atoms with E-state index in [1.54, 1.807) is 0 Å². The van der Waals surface area contributed by atoms with Gasteiger partial charge in [0.05, 0.1) is 5.38 Å². The Balaban J connectivity index is 2.51. The summed E-state index contributed by atoms with van der Waals surface area (Å²) in [7, 11) is 0. The van der Waals surface area contributed by atoms with Crippen LogP contribution in [0.4, 0.5) is 4.39 Å². The summed E-state index contributed by atoms with van der Waals surface area (Å²) in [4.78, 5) is 11.1. The predicted molar refractivity (Wildman–Crippen MR) is 50.3 cm³/mol. The standard InChI is InChI=1S/C9H5Cl2FO2/c10-7-5-3-4(12)1-2-6(5)14-9(13)8(7)11/h1-3,7-8H. The second kappa shape index (κ2) is 3.41. The molecule has 1 aromatic carbocycles. The van der Waals surface area contributed by atoms with Crippen molar-refractivity contribution in [2.45, 2.75) is 10.8 Å². The Morgan fingerprint density at radius 3 is 2.71 bits per heavy atom. The summed E-state index contributed by atoms with van der Waals surface area (Å²) >= 11 is 11.5. The molecule has 0 fully saturated rings. The first-order valence-corrected chi connectivity index (χ1v) is 4.76. The van der Waals surface area contributed by atoms with E-state index in [9.17, 15) is 9.18 Å². The van der Waals surface area contributed by atoms with Crippen LogP contribution in [0.15, 0.2) is 18.2 Å². The maximum absolute atomic E-state index is 12.8.